The SMILES string of the molecule is COc1ccc(C(=O)N/C(=C/c2cccnc2)C(=O)Nc2ccc(Br)cc2)cc1OC. The maximum Gasteiger partial charge on any atom is 0.272 e. The molecule has 0 spiro atoms. The van der Waals surface area contributed by atoms with Crippen LogP contribution in [0.25, 0.3) is 6.08 Å². The van der Waals surface area contributed by atoms with E-state index in [-0.39, 0.29) is 5.70 Å². The molecular weight excluding hydrogens is 462 g/mol. The zero-order valence-corrected chi connectivity index (χ0v) is 18.5. The molecule has 1 heterocycles. The summed E-state index contributed by atoms with van der Waals surface area (Å²) >= 11 is 3.36. The Labute approximate surface area is 188 Å². The molecule has 158 valence electrons. The van der Waals surface area contributed by atoms with E-state index in [1.807, 2.05) is 12.1 Å². The Balaban J connectivity index is 1.87. The molecule has 0 fully saturated rings. The van der Waals surface area contributed by atoms with Crippen molar-refractivity contribution in [3.8, 4) is 11.5 Å². The number of hydrogen-bond acceptors (Lipinski definition) is 5. The standard InChI is InChI=1S/C23H20BrN3O4/c1-30-20-10-5-16(13-21(20)31-2)22(28)27-19(12-15-4-3-11-25-14-15)23(29)26-18-8-6-17(24)7-9-18/h3-14H,1-2H3,(H,26,29)(H,27,28)/b19-12+. The van der Waals surface area contributed by atoms with E-state index in [4.69, 9.17) is 9.47 Å². The van der Waals surface area contributed by atoms with Gasteiger partial charge in [0.15, 0.2) is 11.5 Å². The minimum absolute atomic E-state index is 0.0655. The first kappa shape index (κ1) is 22.0. The van der Waals surface area contributed by atoms with Gasteiger partial charge in [0.1, 0.15) is 5.70 Å². The molecule has 2 N–H and O–H groups in total. The number of ether oxygens (including phenoxy) is 2. The van der Waals surface area contributed by atoms with Crippen LogP contribution in [0, 0.1) is 0 Å². The van der Waals surface area contributed by atoms with Gasteiger partial charge in [-0.15, -0.1) is 0 Å². The number of carbonyl (C=O) groups is 2. The van der Waals surface area contributed by atoms with Gasteiger partial charge in [-0.25, -0.2) is 0 Å². The number of rotatable bonds is 7. The monoisotopic (exact) mass is 481 g/mol. The second kappa shape index (κ2) is 10.4. The van der Waals surface area contributed by atoms with E-state index >= 15 is 0 Å². The highest BCUT2D eigenvalue weighted by Gasteiger charge is 2.17. The van der Waals surface area contributed by atoms with Crippen LogP contribution in [0.15, 0.2) is 77.2 Å². The number of hydrogen-bond donors (Lipinski definition) is 2. The van der Waals surface area contributed by atoms with Gasteiger partial charge in [0.2, 0.25) is 0 Å². The van der Waals surface area contributed by atoms with E-state index in [1.165, 1.54) is 14.2 Å². The molecule has 0 unspecified atom stereocenters. The van der Waals surface area contributed by atoms with Crippen molar-refractivity contribution in [3.63, 3.8) is 0 Å². The number of pyridine rings is 1. The summed E-state index contributed by atoms with van der Waals surface area (Å²) in [5.41, 5.74) is 1.63. The highest BCUT2D eigenvalue weighted by Crippen LogP contribution is 2.27. The fourth-order valence-electron chi connectivity index (χ4n) is 2.69. The largest absolute Gasteiger partial charge is 0.493 e. The van der Waals surface area contributed by atoms with Crippen LogP contribution in [0.1, 0.15) is 15.9 Å². The summed E-state index contributed by atoms with van der Waals surface area (Å²) in [7, 11) is 3.00. The van der Waals surface area contributed by atoms with Gasteiger partial charge in [0.05, 0.1) is 14.2 Å². The zero-order chi connectivity index (χ0) is 22.2. The number of nitrogens with one attached hydrogen (secondary N) is 2. The third-order valence-corrected chi connectivity index (χ3v) is 4.76. The molecule has 0 aliphatic rings. The molecule has 3 rings (SSSR count). The number of methoxy groups -OCH3 is 2. The molecule has 0 bridgehead atoms. The summed E-state index contributed by atoms with van der Waals surface area (Å²) in [4.78, 5) is 29.8. The molecule has 1 aromatic heterocycles. The molecule has 31 heavy (non-hydrogen) atoms. The van der Waals surface area contributed by atoms with Gasteiger partial charge >= 0.3 is 0 Å². The third kappa shape index (κ3) is 5.93. The quantitative estimate of drug-likeness (QED) is 0.491. The summed E-state index contributed by atoms with van der Waals surface area (Å²) in [5.74, 6) is -0.0348. The maximum absolute atomic E-state index is 12.9. The number of amides is 2. The fourth-order valence-corrected chi connectivity index (χ4v) is 2.95. The molecule has 0 radical (unpaired) electrons. The third-order valence-electron chi connectivity index (χ3n) is 4.24. The van der Waals surface area contributed by atoms with Crippen LogP contribution in [-0.4, -0.2) is 31.0 Å². The minimum atomic E-state index is -0.472. The molecule has 0 saturated carbocycles. The summed E-state index contributed by atoms with van der Waals surface area (Å²) in [5, 5.41) is 5.46. The first-order chi connectivity index (χ1) is 15.0. The second-order valence-corrected chi connectivity index (χ2v) is 7.24. The Kier molecular flexibility index (Phi) is 7.40. The summed E-state index contributed by atoms with van der Waals surface area (Å²) in [6, 6.07) is 15.4. The first-order valence-electron chi connectivity index (χ1n) is 9.22. The molecule has 2 amide bonds. The smallest absolute Gasteiger partial charge is 0.272 e. The number of halogens is 1. The van der Waals surface area contributed by atoms with E-state index in [0.29, 0.717) is 28.3 Å². The molecule has 7 nitrogen and oxygen atoms in total. The van der Waals surface area contributed by atoms with Crippen molar-refractivity contribution in [1.29, 1.82) is 0 Å². The van der Waals surface area contributed by atoms with Crippen LogP contribution in [-0.2, 0) is 4.79 Å². The molecule has 0 atom stereocenters. The van der Waals surface area contributed by atoms with Gasteiger partial charge in [-0.2, -0.15) is 0 Å². The average Bonchev–Trinajstić information content (AvgIpc) is 2.80. The number of benzene rings is 2. The lowest BCUT2D eigenvalue weighted by Gasteiger charge is -2.13. The number of nitrogens with zero attached hydrogens (tertiary/aromatic N) is 1. The lowest BCUT2D eigenvalue weighted by Crippen LogP contribution is -2.30. The van der Waals surface area contributed by atoms with Crippen molar-refractivity contribution in [2.45, 2.75) is 0 Å². The summed E-state index contributed by atoms with van der Waals surface area (Å²) in [6.07, 6.45) is 4.77. The van der Waals surface area contributed by atoms with Gasteiger partial charge in [-0.1, -0.05) is 22.0 Å². The predicted molar refractivity (Wildman–Crippen MR) is 122 cm³/mol. The van der Waals surface area contributed by atoms with Crippen molar-refractivity contribution in [2.24, 2.45) is 0 Å². The van der Waals surface area contributed by atoms with Crippen molar-refractivity contribution in [1.82, 2.24) is 10.3 Å². The Morgan fingerprint density at radius 3 is 2.39 bits per heavy atom. The van der Waals surface area contributed by atoms with Gasteiger partial charge in [0.25, 0.3) is 11.8 Å². The average molecular weight is 482 g/mol. The number of anilines is 1. The maximum atomic E-state index is 12.9. The van der Waals surface area contributed by atoms with Crippen LogP contribution in [0.5, 0.6) is 11.5 Å². The van der Waals surface area contributed by atoms with E-state index in [9.17, 15) is 9.59 Å². The zero-order valence-electron chi connectivity index (χ0n) is 16.9. The second-order valence-electron chi connectivity index (χ2n) is 6.33. The molecule has 0 aliphatic carbocycles. The van der Waals surface area contributed by atoms with E-state index in [1.54, 1.807) is 60.9 Å². The Hall–Kier alpha value is -3.65. The van der Waals surface area contributed by atoms with Crippen LogP contribution < -0.4 is 20.1 Å². The Morgan fingerprint density at radius 1 is 1.00 bits per heavy atom. The molecule has 0 saturated heterocycles. The van der Waals surface area contributed by atoms with Crippen LogP contribution in [0.3, 0.4) is 0 Å². The lowest BCUT2D eigenvalue weighted by atomic mass is 10.1. The van der Waals surface area contributed by atoms with Crippen molar-refractivity contribution >= 4 is 39.5 Å². The highest BCUT2D eigenvalue weighted by molar-refractivity contribution is 9.10. The van der Waals surface area contributed by atoms with Gasteiger partial charge in [0, 0.05) is 28.1 Å². The molecule has 0 aliphatic heterocycles. The normalized spacial score (nSPS) is 10.9. The Morgan fingerprint density at radius 2 is 1.74 bits per heavy atom. The van der Waals surface area contributed by atoms with E-state index in [0.717, 1.165) is 4.47 Å². The first-order valence-corrected chi connectivity index (χ1v) is 10.0. The molecular formula is C23H20BrN3O4. The Bertz CT molecular complexity index is 1100. The van der Waals surface area contributed by atoms with Crippen LogP contribution >= 0.6 is 15.9 Å². The van der Waals surface area contributed by atoms with Gasteiger partial charge in [-0.05, 0) is 60.2 Å². The van der Waals surface area contributed by atoms with E-state index in [2.05, 4.69) is 31.5 Å². The predicted octanol–water partition coefficient (Wildman–Crippen LogP) is 4.27. The van der Waals surface area contributed by atoms with Crippen molar-refractivity contribution < 1.29 is 19.1 Å². The summed E-state index contributed by atoms with van der Waals surface area (Å²) in [6.45, 7) is 0. The van der Waals surface area contributed by atoms with Crippen LogP contribution in [0.4, 0.5) is 5.69 Å². The molecule has 3 aromatic rings. The van der Waals surface area contributed by atoms with Gasteiger partial charge in [-0.3, -0.25) is 14.6 Å². The molecule has 8 heteroatoms. The van der Waals surface area contributed by atoms with Gasteiger partial charge < -0.3 is 20.1 Å². The fraction of sp³-hybridized carbons (Fsp3) is 0.0870. The lowest BCUT2D eigenvalue weighted by molar-refractivity contribution is -0.113. The van der Waals surface area contributed by atoms with E-state index < -0.39 is 11.8 Å². The highest BCUT2D eigenvalue weighted by atomic mass is 79.9. The minimum Gasteiger partial charge on any atom is -0.493 e. The molecule has 2 aromatic carbocycles. The van der Waals surface area contributed by atoms with Crippen LogP contribution in [0.2, 0.25) is 0 Å². The van der Waals surface area contributed by atoms with Crippen molar-refractivity contribution in [3.05, 3.63) is 88.3 Å². The van der Waals surface area contributed by atoms with Crippen molar-refractivity contribution in [2.75, 3.05) is 19.5 Å². The number of carbonyl (C=O) groups excluding carboxylic acids is 2. The summed E-state index contributed by atoms with van der Waals surface area (Å²) < 4.78 is 11.3. The number of aromatic nitrogens is 1. The topological polar surface area (TPSA) is 89.5 Å².